The summed E-state index contributed by atoms with van der Waals surface area (Å²) in [6, 6.07) is 5.04. The van der Waals surface area contributed by atoms with Gasteiger partial charge >= 0.3 is 0 Å². The molecule has 1 atom stereocenters. The summed E-state index contributed by atoms with van der Waals surface area (Å²) in [5, 5.41) is 0. The number of benzene rings is 1. The topological polar surface area (TPSA) is 0 Å². The maximum absolute atomic E-state index is 13.2. The lowest BCUT2D eigenvalue weighted by molar-refractivity contribution is 0.590. The first-order valence-corrected chi connectivity index (χ1v) is 5.43. The molecule has 2 heteroatoms. The Balaban J connectivity index is 2.07. The molecule has 1 unspecified atom stereocenters. The number of allylic oxidation sites excluding steroid dienone is 4. The fraction of sp³-hybridized carbons (Fsp3) is 0.286. The highest BCUT2D eigenvalue weighted by atomic mass is 19.1. The smallest absolute Gasteiger partial charge is 0.123 e. The zero-order chi connectivity index (χ0) is 11.5. The monoisotopic (exact) mass is 220 g/mol. The number of halogens is 2. The lowest BCUT2D eigenvalue weighted by atomic mass is 9.92. The number of hydrogen-bond donors (Lipinski definition) is 0. The first-order chi connectivity index (χ1) is 7.63. The highest BCUT2D eigenvalue weighted by Gasteiger charge is 2.10. The van der Waals surface area contributed by atoms with E-state index in [9.17, 15) is 8.78 Å². The van der Waals surface area contributed by atoms with E-state index in [0.29, 0.717) is 6.42 Å². The van der Waals surface area contributed by atoms with Crippen molar-refractivity contribution in [3.8, 4) is 0 Å². The van der Waals surface area contributed by atoms with Gasteiger partial charge in [-0.1, -0.05) is 12.1 Å². The molecule has 0 saturated carbocycles. The Hall–Kier alpha value is -1.44. The molecule has 0 nitrogen and oxygen atoms in total. The van der Waals surface area contributed by atoms with Gasteiger partial charge in [-0.15, -0.1) is 0 Å². The van der Waals surface area contributed by atoms with Crippen LogP contribution in [0.3, 0.4) is 0 Å². The Morgan fingerprint density at radius 1 is 1.25 bits per heavy atom. The van der Waals surface area contributed by atoms with Crippen LogP contribution in [0.2, 0.25) is 0 Å². The molecule has 0 bridgehead atoms. The normalized spacial score (nSPS) is 19.7. The Bertz CT molecular complexity index is 424. The van der Waals surface area contributed by atoms with Gasteiger partial charge < -0.3 is 0 Å². The summed E-state index contributed by atoms with van der Waals surface area (Å²) in [4.78, 5) is 0. The predicted molar refractivity (Wildman–Crippen MR) is 61.3 cm³/mol. The van der Waals surface area contributed by atoms with Gasteiger partial charge in [0.25, 0.3) is 0 Å². The third-order valence-corrected chi connectivity index (χ3v) is 2.74. The Labute approximate surface area is 94.3 Å². The molecular formula is C14H14F2. The number of rotatable bonds is 2. The predicted octanol–water partition coefficient (Wildman–Crippen LogP) is 4.11. The SMILES string of the molecule is Cc1cc(F)cc(CC2C=CC(F)=CC2)c1. The molecule has 1 aliphatic rings. The third kappa shape index (κ3) is 2.78. The molecule has 0 aliphatic heterocycles. The second kappa shape index (κ2) is 4.60. The number of hydrogen-bond acceptors (Lipinski definition) is 0. The molecule has 0 spiro atoms. The Morgan fingerprint density at radius 2 is 2.06 bits per heavy atom. The summed E-state index contributed by atoms with van der Waals surface area (Å²) in [5.41, 5.74) is 1.90. The summed E-state index contributed by atoms with van der Waals surface area (Å²) in [5.74, 6) is -0.0936. The average molecular weight is 220 g/mol. The van der Waals surface area contributed by atoms with Gasteiger partial charge in [0, 0.05) is 0 Å². The Kier molecular flexibility index (Phi) is 3.18. The molecule has 0 heterocycles. The van der Waals surface area contributed by atoms with Crippen LogP contribution in [0.4, 0.5) is 8.78 Å². The van der Waals surface area contributed by atoms with Crippen LogP contribution in [0.15, 0.2) is 42.3 Å². The molecule has 84 valence electrons. The highest BCUT2D eigenvalue weighted by Crippen LogP contribution is 2.22. The van der Waals surface area contributed by atoms with Crippen molar-refractivity contribution in [2.45, 2.75) is 19.8 Å². The first kappa shape index (κ1) is 11.1. The van der Waals surface area contributed by atoms with Crippen molar-refractivity contribution in [3.05, 3.63) is 59.2 Å². The molecule has 0 N–H and O–H groups in total. The largest absolute Gasteiger partial charge is 0.207 e. The average Bonchev–Trinajstić information content (AvgIpc) is 2.20. The second-order valence-corrected chi connectivity index (χ2v) is 4.28. The quantitative estimate of drug-likeness (QED) is 0.703. The van der Waals surface area contributed by atoms with Gasteiger partial charge in [-0.25, -0.2) is 8.78 Å². The maximum atomic E-state index is 13.2. The van der Waals surface area contributed by atoms with Gasteiger partial charge in [-0.3, -0.25) is 0 Å². The van der Waals surface area contributed by atoms with Crippen LogP contribution in [-0.2, 0) is 6.42 Å². The summed E-state index contributed by atoms with van der Waals surface area (Å²) < 4.78 is 25.9. The minimum atomic E-state index is -0.198. The van der Waals surface area contributed by atoms with Gasteiger partial charge in [0.1, 0.15) is 11.6 Å². The molecule has 0 saturated heterocycles. The van der Waals surface area contributed by atoms with E-state index in [-0.39, 0.29) is 17.6 Å². The van der Waals surface area contributed by atoms with E-state index in [2.05, 4.69) is 0 Å². The van der Waals surface area contributed by atoms with E-state index >= 15 is 0 Å². The standard InChI is InChI=1S/C14H14F2/c1-10-6-12(9-14(16)7-10)8-11-2-4-13(15)5-3-11/h2,4-7,9,11H,3,8H2,1H3. The molecule has 1 aromatic carbocycles. The second-order valence-electron chi connectivity index (χ2n) is 4.28. The minimum Gasteiger partial charge on any atom is -0.207 e. The molecule has 1 aliphatic carbocycles. The zero-order valence-electron chi connectivity index (χ0n) is 9.21. The van der Waals surface area contributed by atoms with Crippen LogP contribution < -0.4 is 0 Å². The van der Waals surface area contributed by atoms with E-state index in [4.69, 9.17) is 0 Å². The van der Waals surface area contributed by atoms with Crippen molar-refractivity contribution in [1.29, 1.82) is 0 Å². The van der Waals surface area contributed by atoms with Crippen molar-refractivity contribution in [3.63, 3.8) is 0 Å². The van der Waals surface area contributed by atoms with E-state index in [1.807, 2.05) is 19.1 Å². The van der Waals surface area contributed by atoms with Crippen LogP contribution in [0.25, 0.3) is 0 Å². The zero-order valence-corrected chi connectivity index (χ0v) is 9.21. The highest BCUT2D eigenvalue weighted by molar-refractivity contribution is 5.26. The van der Waals surface area contributed by atoms with Crippen LogP contribution in [0.5, 0.6) is 0 Å². The molecule has 0 amide bonds. The van der Waals surface area contributed by atoms with Crippen molar-refractivity contribution < 1.29 is 8.78 Å². The van der Waals surface area contributed by atoms with Crippen molar-refractivity contribution in [1.82, 2.24) is 0 Å². The van der Waals surface area contributed by atoms with Crippen LogP contribution >= 0.6 is 0 Å². The van der Waals surface area contributed by atoms with Crippen LogP contribution in [0.1, 0.15) is 17.5 Å². The third-order valence-electron chi connectivity index (χ3n) is 2.74. The molecule has 1 aromatic rings. The molecule has 16 heavy (non-hydrogen) atoms. The van der Waals surface area contributed by atoms with E-state index in [1.54, 1.807) is 12.1 Å². The van der Waals surface area contributed by atoms with Crippen LogP contribution in [0, 0.1) is 18.7 Å². The molecular weight excluding hydrogens is 206 g/mol. The van der Waals surface area contributed by atoms with Gasteiger partial charge in [-0.2, -0.15) is 0 Å². The molecule has 0 fully saturated rings. The van der Waals surface area contributed by atoms with E-state index in [1.165, 1.54) is 12.1 Å². The summed E-state index contributed by atoms with van der Waals surface area (Å²) in [7, 11) is 0. The summed E-state index contributed by atoms with van der Waals surface area (Å²) in [6.07, 6.45) is 6.38. The van der Waals surface area contributed by atoms with Crippen molar-refractivity contribution >= 4 is 0 Å². The van der Waals surface area contributed by atoms with Crippen LogP contribution in [-0.4, -0.2) is 0 Å². The minimum absolute atomic E-state index is 0.174. The number of aryl methyl sites for hydroxylation is 1. The van der Waals surface area contributed by atoms with E-state index in [0.717, 1.165) is 17.5 Å². The van der Waals surface area contributed by atoms with Gasteiger partial charge in [0.15, 0.2) is 0 Å². The van der Waals surface area contributed by atoms with Gasteiger partial charge in [0.2, 0.25) is 0 Å². The van der Waals surface area contributed by atoms with Gasteiger partial charge in [-0.05, 0) is 61.1 Å². The molecule has 0 radical (unpaired) electrons. The fourth-order valence-corrected chi connectivity index (χ4v) is 2.02. The lowest BCUT2D eigenvalue weighted by Gasteiger charge is -2.14. The summed E-state index contributed by atoms with van der Waals surface area (Å²) >= 11 is 0. The van der Waals surface area contributed by atoms with Crippen molar-refractivity contribution in [2.75, 3.05) is 0 Å². The molecule has 0 aromatic heterocycles. The maximum Gasteiger partial charge on any atom is 0.123 e. The first-order valence-electron chi connectivity index (χ1n) is 5.43. The lowest BCUT2D eigenvalue weighted by Crippen LogP contribution is -2.03. The fourth-order valence-electron chi connectivity index (χ4n) is 2.02. The van der Waals surface area contributed by atoms with Crippen molar-refractivity contribution in [2.24, 2.45) is 5.92 Å². The molecule has 2 rings (SSSR count). The van der Waals surface area contributed by atoms with Gasteiger partial charge in [0.05, 0.1) is 0 Å². The Morgan fingerprint density at radius 3 is 2.69 bits per heavy atom. The summed E-state index contributed by atoms with van der Waals surface area (Å²) in [6.45, 7) is 1.88. The van der Waals surface area contributed by atoms with E-state index < -0.39 is 0 Å².